The van der Waals surface area contributed by atoms with Gasteiger partial charge in [-0.1, -0.05) is 31.4 Å². The lowest BCUT2D eigenvalue weighted by molar-refractivity contribution is 0.434. The maximum absolute atomic E-state index is 12.0. The van der Waals surface area contributed by atoms with E-state index >= 15 is 0 Å². The lowest BCUT2D eigenvalue weighted by Gasteiger charge is -2.20. The number of H-pyrrole nitrogens is 1. The minimum Gasteiger partial charge on any atom is -0.319 e. The van der Waals surface area contributed by atoms with Gasteiger partial charge in [0.25, 0.3) is 5.56 Å². The van der Waals surface area contributed by atoms with Gasteiger partial charge in [-0.15, -0.1) is 0 Å². The van der Waals surface area contributed by atoms with Crippen molar-refractivity contribution in [2.24, 2.45) is 0 Å². The summed E-state index contributed by atoms with van der Waals surface area (Å²) >= 11 is 0. The number of nitrogens with zero attached hydrogens (tertiary/aromatic N) is 1. The van der Waals surface area contributed by atoms with E-state index in [-0.39, 0.29) is 5.56 Å². The first-order chi connectivity index (χ1) is 8.34. The van der Waals surface area contributed by atoms with Crippen molar-refractivity contribution in [1.29, 1.82) is 0 Å². The molecule has 1 aliphatic carbocycles. The Labute approximate surface area is 99.9 Å². The second kappa shape index (κ2) is 4.32. The molecule has 0 atom stereocenters. The first-order valence-corrected chi connectivity index (χ1v) is 6.33. The molecule has 0 amide bonds. The summed E-state index contributed by atoms with van der Waals surface area (Å²) in [6, 6.07) is 7.73. The minimum atomic E-state index is -0.00407. The number of aromatic nitrogens is 2. The van der Waals surface area contributed by atoms with Gasteiger partial charge in [0.2, 0.25) is 0 Å². The molecule has 0 spiro atoms. The van der Waals surface area contributed by atoms with E-state index in [1.807, 2.05) is 24.3 Å². The standard InChI is InChI=1S/C14H16N2O/c17-14-13(10-6-2-1-3-7-10)15-11-8-4-5-9-12(11)16-14/h4-5,8-10H,1-3,6-7H2,(H,16,17). The van der Waals surface area contributed by atoms with Gasteiger partial charge in [0, 0.05) is 5.92 Å². The molecule has 3 heteroatoms. The van der Waals surface area contributed by atoms with Gasteiger partial charge in [-0.05, 0) is 25.0 Å². The summed E-state index contributed by atoms with van der Waals surface area (Å²) in [5.41, 5.74) is 2.46. The maximum Gasteiger partial charge on any atom is 0.270 e. The molecule has 88 valence electrons. The highest BCUT2D eigenvalue weighted by Crippen LogP contribution is 2.30. The van der Waals surface area contributed by atoms with Crippen LogP contribution >= 0.6 is 0 Å². The monoisotopic (exact) mass is 228 g/mol. The Hall–Kier alpha value is -1.64. The van der Waals surface area contributed by atoms with E-state index in [9.17, 15) is 4.79 Å². The minimum absolute atomic E-state index is 0.00407. The number of rotatable bonds is 1. The van der Waals surface area contributed by atoms with Gasteiger partial charge in [-0.2, -0.15) is 0 Å². The lowest BCUT2D eigenvalue weighted by atomic mass is 9.87. The first-order valence-electron chi connectivity index (χ1n) is 6.33. The highest BCUT2D eigenvalue weighted by Gasteiger charge is 2.20. The molecular weight excluding hydrogens is 212 g/mol. The number of hydrogen-bond donors (Lipinski definition) is 1. The number of nitrogens with one attached hydrogen (secondary N) is 1. The van der Waals surface area contributed by atoms with E-state index in [2.05, 4.69) is 9.97 Å². The van der Waals surface area contributed by atoms with Crippen molar-refractivity contribution >= 4 is 11.0 Å². The molecule has 1 aromatic heterocycles. The number of aromatic amines is 1. The first kappa shape index (κ1) is 10.5. The molecule has 1 N–H and O–H groups in total. The molecule has 1 aromatic carbocycles. The van der Waals surface area contributed by atoms with Gasteiger partial charge in [0.15, 0.2) is 0 Å². The van der Waals surface area contributed by atoms with Crippen LogP contribution in [0.5, 0.6) is 0 Å². The molecule has 3 nitrogen and oxygen atoms in total. The van der Waals surface area contributed by atoms with Crippen molar-refractivity contribution in [2.75, 3.05) is 0 Å². The van der Waals surface area contributed by atoms with Crippen LogP contribution in [0.4, 0.5) is 0 Å². The summed E-state index contributed by atoms with van der Waals surface area (Å²) in [5.74, 6) is 0.358. The fourth-order valence-corrected chi connectivity index (χ4v) is 2.70. The zero-order chi connectivity index (χ0) is 11.7. The van der Waals surface area contributed by atoms with Gasteiger partial charge in [0.05, 0.1) is 11.0 Å². The molecule has 1 fully saturated rings. The molecule has 1 aliphatic rings. The zero-order valence-electron chi connectivity index (χ0n) is 9.78. The average molecular weight is 228 g/mol. The van der Waals surface area contributed by atoms with Gasteiger partial charge in [-0.3, -0.25) is 4.79 Å². The molecule has 0 saturated heterocycles. The fraction of sp³-hybridized carbons (Fsp3) is 0.429. The van der Waals surface area contributed by atoms with Crippen molar-refractivity contribution in [3.05, 3.63) is 40.3 Å². The van der Waals surface area contributed by atoms with Crippen LogP contribution in [0, 0.1) is 0 Å². The van der Waals surface area contributed by atoms with E-state index in [0.717, 1.165) is 29.6 Å². The van der Waals surface area contributed by atoms with E-state index in [1.54, 1.807) is 0 Å². The molecule has 3 rings (SSSR count). The third kappa shape index (κ3) is 1.97. The second-order valence-electron chi connectivity index (χ2n) is 4.80. The van der Waals surface area contributed by atoms with E-state index in [0.29, 0.717) is 5.92 Å². The SMILES string of the molecule is O=c1[nH]c2ccccc2nc1C1CCCCC1. The Kier molecular flexibility index (Phi) is 2.67. The van der Waals surface area contributed by atoms with Crippen LogP contribution in [0.1, 0.15) is 43.7 Å². The van der Waals surface area contributed by atoms with Gasteiger partial charge >= 0.3 is 0 Å². The quantitative estimate of drug-likeness (QED) is 0.815. The molecule has 2 aromatic rings. The van der Waals surface area contributed by atoms with E-state index in [1.165, 1.54) is 19.3 Å². The highest BCUT2D eigenvalue weighted by molar-refractivity contribution is 5.73. The Morgan fingerprint density at radius 1 is 1.12 bits per heavy atom. The van der Waals surface area contributed by atoms with Crippen molar-refractivity contribution in [1.82, 2.24) is 9.97 Å². The van der Waals surface area contributed by atoms with Crippen LogP contribution in [-0.2, 0) is 0 Å². The smallest absolute Gasteiger partial charge is 0.270 e. The molecule has 0 unspecified atom stereocenters. The molecule has 1 heterocycles. The summed E-state index contributed by atoms with van der Waals surface area (Å²) in [6.45, 7) is 0. The Bertz CT molecular complexity index is 582. The van der Waals surface area contributed by atoms with Crippen molar-refractivity contribution in [2.45, 2.75) is 38.0 Å². The molecule has 17 heavy (non-hydrogen) atoms. The molecule has 0 aliphatic heterocycles. The summed E-state index contributed by atoms with van der Waals surface area (Å²) in [4.78, 5) is 19.5. The van der Waals surface area contributed by atoms with Crippen molar-refractivity contribution < 1.29 is 0 Å². The molecule has 0 bridgehead atoms. The summed E-state index contributed by atoms with van der Waals surface area (Å²) in [7, 11) is 0. The highest BCUT2D eigenvalue weighted by atomic mass is 16.1. The van der Waals surface area contributed by atoms with Gasteiger partial charge < -0.3 is 4.98 Å². The molecule has 0 radical (unpaired) electrons. The predicted molar refractivity (Wildman–Crippen MR) is 68.2 cm³/mol. The lowest BCUT2D eigenvalue weighted by Crippen LogP contribution is -2.20. The van der Waals surface area contributed by atoms with Crippen LogP contribution < -0.4 is 5.56 Å². The zero-order valence-corrected chi connectivity index (χ0v) is 9.78. The third-order valence-electron chi connectivity index (χ3n) is 3.62. The summed E-state index contributed by atoms with van der Waals surface area (Å²) < 4.78 is 0. The maximum atomic E-state index is 12.0. The average Bonchev–Trinajstić information content (AvgIpc) is 2.39. The van der Waals surface area contributed by atoms with Gasteiger partial charge in [0.1, 0.15) is 5.69 Å². The van der Waals surface area contributed by atoms with Crippen LogP contribution in [0.15, 0.2) is 29.1 Å². The fourth-order valence-electron chi connectivity index (χ4n) is 2.70. The predicted octanol–water partition coefficient (Wildman–Crippen LogP) is 2.97. The summed E-state index contributed by atoms with van der Waals surface area (Å²) in [6.07, 6.45) is 5.95. The summed E-state index contributed by atoms with van der Waals surface area (Å²) in [5, 5.41) is 0. The Morgan fingerprint density at radius 3 is 2.71 bits per heavy atom. The van der Waals surface area contributed by atoms with Crippen LogP contribution in [0.2, 0.25) is 0 Å². The van der Waals surface area contributed by atoms with Crippen LogP contribution in [0.25, 0.3) is 11.0 Å². The number of hydrogen-bond acceptors (Lipinski definition) is 2. The van der Waals surface area contributed by atoms with Crippen LogP contribution in [-0.4, -0.2) is 9.97 Å². The molecule has 1 saturated carbocycles. The van der Waals surface area contributed by atoms with E-state index < -0.39 is 0 Å². The number of fused-ring (bicyclic) bond motifs is 1. The Morgan fingerprint density at radius 2 is 1.88 bits per heavy atom. The normalized spacial score (nSPS) is 17.4. The molecular formula is C14H16N2O. The van der Waals surface area contributed by atoms with E-state index in [4.69, 9.17) is 0 Å². The largest absolute Gasteiger partial charge is 0.319 e. The third-order valence-corrected chi connectivity index (χ3v) is 3.62. The number of benzene rings is 1. The second-order valence-corrected chi connectivity index (χ2v) is 4.80. The topological polar surface area (TPSA) is 45.8 Å². The number of para-hydroxylation sites is 2. The van der Waals surface area contributed by atoms with Crippen molar-refractivity contribution in [3.8, 4) is 0 Å². The van der Waals surface area contributed by atoms with Crippen molar-refractivity contribution in [3.63, 3.8) is 0 Å². The Balaban J connectivity index is 2.09. The van der Waals surface area contributed by atoms with Crippen LogP contribution in [0.3, 0.4) is 0 Å². The van der Waals surface area contributed by atoms with Gasteiger partial charge in [-0.25, -0.2) is 4.98 Å².